The summed E-state index contributed by atoms with van der Waals surface area (Å²) < 4.78 is 0. The first-order valence-corrected chi connectivity index (χ1v) is 8.34. The van der Waals surface area contributed by atoms with E-state index in [9.17, 15) is 0 Å². The first kappa shape index (κ1) is 15.6. The maximum absolute atomic E-state index is 3.65. The third kappa shape index (κ3) is 4.09. The molecule has 0 aliphatic heterocycles. The molecule has 1 saturated carbocycles. The van der Waals surface area contributed by atoms with E-state index in [0.29, 0.717) is 11.3 Å². The van der Waals surface area contributed by atoms with Crippen LogP contribution in [0.3, 0.4) is 0 Å². The summed E-state index contributed by atoms with van der Waals surface area (Å²) in [6.45, 7) is 11.6. The lowest BCUT2D eigenvalue weighted by Gasteiger charge is -2.30. The molecular formula is C19H31N. The first-order chi connectivity index (χ1) is 9.55. The van der Waals surface area contributed by atoms with Crippen molar-refractivity contribution in [3.8, 4) is 0 Å². The van der Waals surface area contributed by atoms with Crippen molar-refractivity contribution in [2.75, 3.05) is 13.1 Å². The highest BCUT2D eigenvalue weighted by Crippen LogP contribution is 2.47. The maximum atomic E-state index is 3.65. The minimum Gasteiger partial charge on any atom is -0.316 e. The van der Waals surface area contributed by atoms with Crippen molar-refractivity contribution in [3.63, 3.8) is 0 Å². The van der Waals surface area contributed by atoms with Crippen molar-refractivity contribution < 1.29 is 0 Å². The van der Waals surface area contributed by atoms with Crippen LogP contribution in [0.4, 0.5) is 0 Å². The second-order valence-electron chi connectivity index (χ2n) is 7.18. The lowest BCUT2D eigenvalue weighted by atomic mass is 9.78. The average molecular weight is 273 g/mol. The van der Waals surface area contributed by atoms with Gasteiger partial charge in [0.05, 0.1) is 0 Å². The molecule has 0 radical (unpaired) electrons. The van der Waals surface area contributed by atoms with Gasteiger partial charge in [-0.25, -0.2) is 0 Å². The summed E-state index contributed by atoms with van der Waals surface area (Å²) in [5.74, 6) is 1.56. The molecule has 1 heteroatoms. The standard InChI is InChI=1S/C19H31N/c1-5-12-20-14-19(4,18-10-11-18)13-16-6-8-17(9-7-16)15(2)3/h6-9,15,18,20H,5,10-14H2,1-4H3. The van der Waals surface area contributed by atoms with Crippen molar-refractivity contribution in [1.82, 2.24) is 5.32 Å². The van der Waals surface area contributed by atoms with E-state index >= 15 is 0 Å². The molecular weight excluding hydrogens is 242 g/mol. The molecule has 0 spiro atoms. The van der Waals surface area contributed by atoms with Gasteiger partial charge in [0.25, 0.3) is 0 Å². The second kappa shape index (κ2) is 6.76. The summed E-state index contributed by atoms with van der Waals surface area (Å²) in [5.41, 5.74) is 3.39. The number of hydrogen-bond acceptors (Lipinski definition) is 1. The maximum Gasteiger partial charge on any atom is 0.00110 e. The monoisotopic (exact) mass is 273 g/mol. The Morgan fingerprint density at radius 1 is 1.20 bits per heavy atom. The molecule has 1 aliphatic rings. The topological polar surface area (TPSA) is 12.0 Å². The zero-order valence-electron chi connectivity index (χ0n) is 13.7. The van der Waals surface area contributed by atoms with Crippen molar-refractivity contribution in [2.45, 2.75) is 59.3 Å². The Balaban J connectivity index is 2.00. The van der Waals surface area contributed by atoms with Gasteiger partial charge >= 0.3 is 0 Å². The van der Waals surface area contributed by atoms with Gasteiger partial charge in [-0.05, 0) is 60.6 Å². The molecule has 1 nitrogen and oxygen atoms in total. The van der Waals surface area contributed by atoms with Crippen LogP contribution in [0.25, 0.3) is 0 Å². The number of hydrogen-bond donors (Lipinski definition) is 1. The van der Waals surface area contributed by atoms with Crippen LogP contribution in [0.5, 0.6) is 0 Å². The Morgan fingerprint density at radius 2 is 1.85 bits per heavy atom. The zero-order chi connectivity index (χ0) is 14.6. The van der Waals surface area contributed by atoms with Gasteiger partial charge in [-0.15, -0.1) is 0 Å². The van der Waals surface area contributed by atoms with Gasteiger partial charge in [0.1, 0.15) is 0 Å². The van der Waals surface area contributed by atoms with Gasteiger partial charge in [-0.3, -0.25) is 0 Å². The fraction of sp³-hybridized carbons (Fsp3) is 0.684. The molecule has 1 aromatic carbocycles. The van der Waals surface area contributed by atoms with Crippen LogP contribution in [-0.4, -0.2) is 13.1 Å². The van der Waals surface area contributed by atoms with Gasteiger partial charge in [-0.2, -0.15) is 0 Å². The predicted molar refractivity (Wildman–Crippen MR) is 88.2 cm³/mol. The fourth-order valence-electron chi connectivity index (χ4n) is 3.17. The Hall–Kier alpha value is -0.820. The van der Waals surface area contributed by atoms with E-state index in [1.165, 1.54) is 36.8 Å². The molecule has 1 atom stereocenters. The molecule has 0 aromatic heterocycles. The first-order valence-electron chi connectivity index (χ1n) is 8.34. The van der Waals surface area contributed by atoms with Crippen LogP contribution in [0.1, 0.15) is 64.0 Å². The van der Waals surface area contributed by atoms with E-state index in [-0.39, 0.29) is 0 Å². The van der Waals surface area contributed by atoms with E-state index in [1.54, 1.807) is 0 Å². The molecule has 1 aromatic rings. The minimum atomic E-state index is 0.439. The molecule has 1 fully saturated rings. The van der Waals surface area contributed by atoms with Gasteiger partial charge in [-0.1, -0.05) is 52.0 Å². The third-order valence-electron chi connectivity index (χ3n) is 4.77. The highest BCUT2D eigenvalue weighted by Gasteiger charge is 2.40. The Kier molecular flexibility index (Phi) is 5.26. The predicted octanol–water partition coefficient (Wildman–Crippen LogP) is 4.77. The van der Waals surface area contributed by atoms with Crippen LogP contribution in [-0.2, 0) is 6.42 Å². The average Bonchev–Trinajstić information content (AvgIpc) is 3.24. The summed E-state index contributed by atoms with van der Waals surface area (Å²) in [5, 5.41) is 3.65. The second-order valence-corrected chi connectivity index (χ2v) is 7.18. The molecule has 1 unspecified atom stereocenters. The zero-order valence-corrected chi connectivity index (χ0v) is 13.7. The van der Waals surface area contributed by atoms with Gasteiger partial charge in [0.2, 0.25) is 0 Å². The lowest BCUT2D eigenvalue weighted by molar-refractivity contribution is 0.256. The quantitative estimate of drug-likeness (QED) is 0.673. The Labute approximate surface area is 125 Å². The van der Waals surface area contributed by atoms with E-state index in [0.717, 1.165) is 19.0 Å². The van der Waals surface area contributed by atoms with Gasteiger partial charge in [0, 0.05) is 6.54 Å². The van der Waals surface area contributed by atoms with E-state index in [1.807, 2.05) is 0 Å². The summed E-state index contributed by atoms with van der Waals surface area (Å²) >= 11 is 0. The molecule has 20 heavy (non-hydrogen) atoms. The van der Waals surface area contributed by atoms with Gasteiger partial charge < -0.3 is 5.32 Å². The summed E-state index contributed by atoms with van der Waals surface area (Å²) in [6, 6.07) is 9.31. The minimum absolute atomic E-state index is 0.439. The number of nitrogens with one attached hydrogen (secondary N) is 1. The molecule has 112 valence electrons. The number of rotatable bonds is 8. The Morgan fingerprint density at radius 3 is 2.35 bits per heavy atom. The molecule has 0 heterocycles. The van der Waals surface area contributed by atoms with E-state index in [4.69, 9.17) is 0 Å². The number of benzene rings is 1. The van der Waals surface area contributed by atoms with Crippen molar-refractivity contribution in [1.29, 1.82) is 0 Å². The summed E-state index contributed by atoms with van der Waals surface area (Å²) in [6.07, 6.45) is 5.29. The molecule has 1 N–H and O–H groups in total. The highest BCUT2D eigenvalue weighted by atomic mass is 14.9. The molecule has 0 bridgehead atoms. The summed E-state index contributed by atoms with van der Waals surface area (Å²) in [4.78, 5) is 0. The largest absolute Gasteiger partial charge is 0.316 e. The van der Waals surface area contributed by atoms with Crippen LogP contribution >= 0.6 is 0 Å². The van der Waals surface area contributed by atoms with E-state index in [2.05, 4.69) is 57.3 Å². The van der Waals surface area contributed by atoms with Crippen LogP contribution in [0, 0.1) is 11.3 Å². The Bertz CT molecular complexity index is 402. The molecule has 2 rings (SSSR count). The normalized spacial score (nSPS) is 18.2. The molecule has 0 saturated heterocycles. The van der Waals surface area contributed by atoms with Crippen molar-refractivity contribution in [2.24, 2.45) is 11.3 Å². The van der Waals surface area contributed by atoms with Gasteiger partial charge in [0.15, 0.2) is 0 Å². The lowest BCUT2D eigenvalue weighted by Crippen LogP contribution is -2.36. The third-order valence-corrected chi connectivity index (χ3v) is 4.77. The van der Waals surface area contributed by atoms with Crippen molar-refractivity contribution >= 4 is 0 Å². The van der Waals surface area contributed by atoms with Crippen LogP contribution in [0.15, 0.2) is 24.3 Å². The van der Waals surface area contributed by atoms with Crippen molar-refractivity contribution in [3.05, 3.63) is 35.4 Å². The van der Waals surface area contributed by atoms with E-state index < -0.39 is 0 Å². The summed E-state index contributed by atoms with van der Waals surface area (Å²) in [7, 11) is 0. The molecule has 1 aliphatic carbocycles. The fourth-order valence-corrected chi connectivity index (χ4v) is 3.17. The highest BCUT2D eigenvalue weighted by molar-refractivity contribution is 5.26. The smallest absolute Gasteiger partial charge is 0.00110 e. The molecule has 0 amide bonds. The van der Waals surface area contributed by atoms with Crippen LogP contribution < -0.4 is 5.32 Å². The SMILES string of the molecule is CCCNCC(C)(Cc1ccc(C(C)C)cc1)C1CC1. The van der Waals surface area contributed by atoms with Crippen LogP contribution in [0.2, 0.25) is 0 Å².